The van der Waals surface area contributed by atoms with Crippen molar-refractivity contribution in [2.45, 2.75) is 58.4 Å². The van der Waals surface area contributed by atoms with Crippen molar-refractivity contribution in [3.8, 4) is 0 Å². The molecule has 1 N–H and O–H groups in total. The van der Waals surface area contributed by atoms with Gasteiger partial charge < -0.3 is 5.32 Å². The second-order valence-electron chi connectivity index (χ2n) is 6.68. The van der Waals surface area contributed by atoms with Crippen LogP contribution in [-0.2, 0) is 6.42 Å². The molecule has 0 spiro atoms. The lowest BCUT2D eigenvalue weighted by atomic mass is 9.81. The molecule has 18 heavy (non-hydrogen) atoms. The molecule has 1 aromatic rings. The number of halogens is 1. The monoisotopic (exact) mass is 329 g/mol. The van der Waals surface area contributed by atoms with Crippen molar-refractivity contribution in [2.75, 3.05) is 6.54 Å². The lowest BCUT2D eigenvalue weighted by molar-refractivity contribution is 0.246. The van der Waals surface area contributed by atoms with Crippen LogP contribution in [0.2, 0.25) is 0 Å². The molecule has 1 aliphatic carbocycles. The van der Waals surface area contributed by atoms with E-state index in [0.29, 0.717) is 5.41 Å². The normalized spacial score (nSPS) is 19.3. The Kier molecular flexibility index (Phi) is 4.56. The number of hydrogen-bond donors (Lipinski definition) is 1. The van der Waals surface area contributed by atoms with E-state index in [0.717, 1.165) is 6.54 Å². The van der Waals surface area contributed by atoms with Crippen LogP contribution < -0.4 is 5.32 Å². The summed E-state index contributed by atoms with van der Waals surface area (Å²) in [6.45, 7) is 7.94. The van der Waals surface area contributed by atoms with Crippen molar-refractivity contribution in [2.24, 2.45) is 5.41 Å². The molecule has 1 heterocycles. The zero-order valence-corrected chi connectivity index (χ0v) is 14.1. The fourth-order valence-electron chi connectivity index (χ4n) is 2.79. The molecule has 0 amide bonds. The topological polar surface area (TPSA) is 12.0 Å². The molecule has 0 aromatic carbocycles. The largest absolute Gasteiger partial charge is 0.312 e. The van der Waals surface area contributed by atoms with E-state index in [1.807, 2.05) is 11.3 Å². The molecule has 1 nitrogen and oxygen atoms in total. The maximum atomic E-state index is 3.73. The Labute approximate surface area is 123 Å². The van der Waals surface area contributed by atoms with Gasteiger partial charge in [-0.1, -0.05) is 12.8 Å². The molecule has 1 aliphatic rings. The number of nitrogens with one attached hydrogen (secondary N) is 1. The minimum absolute atomic E-state index is 0.224. The standard InChI is InChI=1S/C15H24BrNS/c1-14(2,3)17-11-15(7-4-5-8-15)10-13-12(16)6-9-18-13/h6,9,17H,4-5,7-8,10-11H2,1-3H3. The highest BCUT2D eigenvalue weighted by Gasteiger charge is 2.35. The molecule has 1 aromatic heterocycles. The summed E-state index contributed by atoms with van der Waals surface area (Å²) in [6, 6.07) is 2.18. The second kappa shape index (κ2) is 5.64. The molecular formula is C15H24BrNS. The predicted octanol–water partition coefficient (Wildman–Crippen LogP) is 5.00. The molecule has 0 atom stereocenters. The first-order valence-corrected chi connectivity index (χ1v) is 8.54. The number of thiophene rings is 1. The minimum Gasteiger partial charge on any atom is -0.312 e. The fraction of sp³-hybridized carbons (Fsp3) is 0.733. The van der Waals surface area contributed by atoms with Crippen LogP contribution in [-0.4, -0.2) is 12.1 Å². The zero-order valence-electron chi connectivity index (χ0n) is 11.7. The highest BCUT2D eigenvalue weighted by molar-refractivity contribution is 9.10. The van der Waals surface area contributed by atoms with Gasteiger partial charge in [-0.15, -0.1) is 11.3 Å². The van der Waals surface area contributed by atoms with Crippen molar-refractivity contribution < 1.29 is 0 Å². The lowest BCUT2D eigenvalue weighted by Crippen LogP contribution is -2.43. The van der Waals surface area contributed by atoms with Crippen LogP contribution in [0.5, 0.6) is 0 Å². The van der Waals surface area contributed by atoms with E-state index >= 15 is 0 Å². The Balaban J connectivity index is 2.05. The van der Waals surface area contributed by atoms with Crippen LogP contribution in [0.25, 0.3) is 0 Å². The van der Waals surface area contributed by atoms with Crippen molar-refractivity contribution in [1.82, 2.24) is 5.32 Å². The molecule has 102 valence electrons. The van der Waals surface area contributed by atoms with Gasteiger partial charge in [-0.3, -0.25) is 0 Å². The van der Waals surface area contributed by atoms with E-state index in [2.05, 4.69) is 53.5 Å². The average molecular weight is 330 g/mol. The fourth-order valence-corrected chi connectivity index (χ4v) is 4.45. The summed E-state index contributed by atoms with van der Waals surface area (Å²) in [7, 11) is 0. The van der Waals surface area contributed by atoms with E-state index < -0.39 is 0 Å². The van der Waals surface area contributed by atoms with Crippen molar-refractivity contribution in [1.29, 1.82) is 0 Å². The minimum atomic E-state index is 0.224. The van der Waals surface area contributed by atoms with E-state index in [1.54, 1.807) is 0 Å². The first-order valence-electron chi connectivity index (χ1n) is 6.87. The molecule has 2 rings (SSSR count). The van der Waals surface area contributed by atoms with Crippen LogP contribution in [0.3, 0.4) is 0 Å². The van der Waals surface area contributed by atoms with Crippen LogP contribution in [0.4, 0.5) is 0 Å². The molecule has 1 saturated carbocycles. The molecule has 1 fully saturated rings. The van der Waals surface area contributed by atoms with Gasteiger partial charge in [-0.05, 0) is 72.8 Å². The van der Waals surface area contributed by atoms with Gasteiger partial charge in [0.1, 0.15) is 0 Å². The van der Waals surface area contributed by atoms with Crippen LogP contribution in [0, 0.1) is 5.41 Å². The zero-order chi connectivity index (χ0) is 13.2. The third-order valence-corrected chi connectivity index (χ3v) is 5.81. The van der Waals surface area contributed by atoms with Crippen LogP contribution in [0.1, 0.15) is 51.3 Å². The summed E-state index contributed by atoms with van der Waals surface area (Å²) in [5, 5.41) is 5.92. The van der Waals surface area contributed by atoms with Gasteiger partial charge in [0.25, 0.3) is 0 Å². The van der Waals surface area contributed by atoms with E-state index in [9.17, 15) is 0 Å². The molecule has 0 radical (unpaired) electrons. The number of hydrogen-bond acceptors (Lipinski definition) is 2. The Morgan fingerprint density at radius 2 is 2.00 bits per heavy atom. The highest BCUT2D eigenvalue weighted by Crippen LogP contribution is 2.43. The van der Waals surface area contributed by atoms with Gasteiger partial charge in [0.2, 0.25) is 0 Å². The summed E-state index contributed by atoms with van der Waals surface area (Å²) < 4.78 is 1.30. The quantitative estimate of drug-likeness (QED) is 0.819. The third kappa shape index (κ3) is 3.82. The first kappa shape index (κ1) is 14.5. The van der Waals surface area contributed by atoms with Crippen molar-refractivity contribution in [3.05, 3.63) is 20.8 Å². The smallest absolute Gasteiger partial charge is 0.0314 e. The summed E-state index contributed by atoms with van der Waals surface area (Å²) in [5.41, 5.74) is 0.711. The van der Waals surface area contributed by atoms with E-state index in [-0.39, 0.29) is 5.54 Å². The Hall–Kier alpha value is 0.140. The molecule has 0 aliphatic heterocycles. The average Bonchev–Trinajstić information content (AvgIpc) is 2.87. The molecule has 3 heteroatoms. The van der Waals surface area contributed by atoms with Gasteiger partial charge >= 0.3 is 0 Å². The summed E-state index contributed by atoms with van der Waals surface area (Å²) >= 11 is 5.57. The molecular weight excluding hydrogens is 306 g/mol. The predicted molar refractivity (Wildman–Crippen MR) is 84.4 cm³/mol. The Morgan fingerprint density at radius 1 is 1.33 bits per heavy atom. The lowest BCUT2D eigenvalue weighted by Gasteiger charge is -2.33. The first-order chi connectivity index (χ1) is 8.40. The Morgan fingerprint density at radius 3 is 2.50 bits per heavy atom. The summed E-state index contributed by atoms with van der Waals surface area (Å²) in [6.07, 6.45) is 6.78. The number of rotatable bonds is 4. The maximum absolute atomic E-state index is 3.73. The van der Waals surface area contributed by atoms with Gasteiger partial charge in [0.15, 0.2) is 0 Å². The SMILES string of the molecule is CC(C)(C)NCC1(Cc2sccc2Br)CCCC1. The van der Waals surface area contributed by atoms with Crippen LogP contribution >= 0.6 is 27.3 Å². The third-order valence-electron chi connectivity index (χ3n) is 3.88. The van der Waals surface area contributed by atoms with Crippen molar-refractivity contribution >= 4 is 27.3 Å². The molecule has 0 saturated heterocycles. The maximum Gasteiger partial charge on any atom is 0.0314 e. The molecule has 0 bridgehead atoms. The Bertz CT molecular complexity index is 385. The van der Waals surface area contributed by atoms with Gasteiger partial charge in [0.05, 0.1) is 0 Å². The van der Waals surface area contributed by atoms with Gasteiger partial charge in [0, 0.05) is 21.4 Å². The van der Waals surface area contributed by atoms with Gasteiger partial charge in [-0.2, -0.15) is 0 Å². The van der Waals surface area contributed by atoms with Crippen LogP contribution in [0.15, 0.2) is 15.9 Å². The molecule has 0 unspecified atom stereocenters. The van der Waals surface area contributed by atoms with Crippen molar-refractivity contribution in [3.63, 3.8) is 0 Å². The van der Waals surface area contributed by atoms with E-state index in [1.165, 1.54) is 41.5 Å². The van der Waals surface area contributed by atoms with E-state index in [4.69, 9.17) is 0 Å². The summed E-state index contributed by atoms with van der Waals surface area (Å²) in [4.78, 5) is 1.52. The van der Waals surface area contributed by atoms with Gasteiger partial charge in [-0.25, -0.2) is 0 Å². The second-order valence-corrected chi connectivity index (χ2v) is 8.53. The summed E-state index contributed by atoms with van der Waals surface area (Å²) in [5.74, 6) is 0. The highest BCUT2D eigenvalue weighted by atomic mass is 79.9.